The smallest absolute Gasteiger partial charge is 0.306 e. The summed E-state index contributed by atoms with van der Waals surface area (Å²) in [4.78, 5) is 10.8. The summed E-state index contributed by atoms with van der Waals surface area (Å²) in [5.41, 5.74) is 0. The standard InChI is InChI=1S/C8H15O3/c1-3-11-8(10)6-7(2)4-5-9/h5,7,9H,3-4,6H2,1-2H3. The Morgan fingerprint density at radius 1 is 1.73 bits per heavy atom. The second-order valence-electron chi connectivity index (χ2n) is 2.53. The zero-order valence-corrected chi connectivity index (χ0v) is 7.04. The van der Waals surface area contributed by atoms with Gasteiger partial charge >= 0.3 is 5.97 Å². The van der Waals surface area contributed by atoms with Gasteiger partial charge in [0.05, 0.1) is 13.2 Å². The van der Waals surface area contributed by atoms with Crippen LogP contribution >= 0.6 is 0 Å². The lowest BCUT2D eigenvalue weighted by atomic mass is 10.1. The van der Waals surface area contributed by atoms with E-state index in [1.807, 2.05) is 6.92 Å². The van der Waals surface area contributed by atoms with Gasteiger partial charge < -0.3 is 9.84 Å². The summed E-state index contributed by atoms with van der Waals surface area (Å²) in [6, 6.07) is 0. The molecule has 0 amide bonds. The largest absolute Gasteiger partial charge is 0.466 e. The predicted octanol–water partition coefficient (Wildman–Crippen LogP) is 1.50. The van der Waals surface area contributed by atoms with Crippen LogP contribution in [0.1, 0.15) is 26.7 Å². The van der Waals surface area contributed by atoms with Crippen molar-refractivity contribution < 1.29 is 14.6 Å². The average Bonchev–Trinajstić information content (AvgIpc) is 1.87. The van der Waals surface area contributed by atoms with Gasteiger partial charge in [-0.25, -0.2) is 0 Å². The van der Waals surface area contributed by atoms with Crippen molar-refractivity contribution >= 4 is 5.97 Å². The average molecular weight is 159 g/mol. The Balaban J connectivity index is 3.40. The maximum Gasteiger partial charge on any atom is 0.306 e. The number of rotatable bonds is 5. The highest BCUT2D eigenvalue weighted by Gasteiger charge is 2.08. The Kier molecular flexibility index (Phi) is 5.84. The minimum absolute atomic E-state index is 0.166. The topological polar surface area (TPSA) is 46.5 Å². The lowest BCUT2D eigenvalue weighted by Crippen LogP contribution is -2.09. The molecule has 1 N–H and O–H groups in total. The molecule has 0 saturated heterocycles. The van der Waals surface area contributed by atoms with E-state index in [-0.39, 0.29) is 11.9 Å². The normalized spacial score (nSPS) is 12.6. The number of carbonyl (C=O) groups excluding carboxylic acids is 1. The third-order valence-electron chi connectivity index (χ3n) is 1.33. The SMILES string of the molecule is CCOC(=O)CC(C)C[CH]O. The van der Waals surface area contributed by atoms with Crippen molar-refractivity contribution in [3.8, 4) is 0 Å². The van der Waals surface area contributed by atoms with E-state index in [4.69, 9.17) is 9.84 Å². The number of hydrogen-bond donors (Lipinski definition) is 1. The summed E-state index contributed by atoms with van der Waals surface area (Å²) in [5, 5.41) is 8.40. The van der Waals surface area contributed by atoms with Crippen LogP contribution in [0.25, 0.3) is 0 Å². The molecule has 0 saturated carbocycles. The maximum atomic E-state index is 10.8. The molecular formula is C8H15O3. The van der Waals surface area contributed by atoms with Gasteiger partial charge in [0.2, 0.25) is 0 Å². The molecule has 0 heterocycles. The fourth-order valence-electron chi connectivity index (χ4n) is 0.768. The summed E-state index contributed by atoms with van der Waals surface area (Å²) >= 11 is 0. The molecular weight excluding hydrogens is 144 g/mol. The molecule has 1 unspecified atom stereocenters. The van der Waals surface area contributed by atoms with Crippen molar-refractivity contribution in [3.05, 3.63) is 6.61 Å². The molecule has 0 aromatic rings. The van der Waals surface area contributed by atoms with Gasteiger partial charge in [-0.15, -0.1) is 0 Å². The first-order chi connectivity index (χ1) is 5.20. The van der Waals surface area contributed by atoms with Crippen molar-refractivity contribution in [2.24, 2.45) is 5.92 Å². The van der Waals surface area contributed by atoms with E-state index in [0.717, 1.165) is 6.61 Å². The summed E-state index contributed by atoms with van der Waals surface area (Å²) in [6.07, 6.45) is 0.920. The number of aliphatic hydroxyl groups is 1. The molecule has 0 aliphatic rings. The van der Waals surface area contributed by atoms with E-state index in [2.05, 4.69) is 0 Å². The van der Waals surface area contributed by atoms with Gasteiger partial charge in [-0.1, -0.05) is 6.92 Å². The summed E-state index contributed by atoms with van der Waals surface area (Å²) in [5.74, 6) is -0.0269. The highest BCUT2D eigenvalue weighted by Crippen LogP contribution is 2.08. The Labute approximate surface area is 67.4 Å². The quantitative estimate of drug-likeness (QED) is 0.618. The summed E-state index contributed by atoms with van der Waals surface area (Å²) in [7, 11) is 0. The number of esters is 1. The van der Waals surface area contributed by atoms with Crippen molar-refractivity contribution in [3.63, 3.8) is 0 Å². The second-order valence-corrected chi connectivity index (χ2v) is 2.53. The minimum Gasteiger partial charge on any atom is -0.466 e. The van der Waals surface area contributed by atoms with Gasteiger partial charge in [-0.05, 0) is 19.3 Å². The lowest BCUT2D eigenvalue weighted by Gasteiger charge is -2.07. The fraction of sp³-hybridized carbons (Fsp3) is 0.750. The molecule has 0 aliphatic heterocycles. The van der Waals surface area contributed by atoms with E-state index >= 15 is 0 Å². The van der Waals surface area contributed by atoms with E-state index in [9.17, 15) is 4.79 Å². The molecule has 0 aliphatic carbocycles. The zero-order valence-electron chi connectivity index (χ0n) is 7.04. The Morgan fingerprint density at radius 3 is 2.82 bits per heavy atom. The van der Waals surface area contributed by atoms with E-state index < -0.39 is 0 Å². The van der Waals surface area contributed by atoms with Crippen LogP contribution in [0.4, 0.5) is 0 Å². The Bertz CT molecular complexity index is 112. The van der Waals surface area contributed by atoms with Gasteiger partial charge in [0.1, 0.15) is 0 Å². The fourth-order valence-corrected chi connectivity index (χ4v) is 0.768. The molecule has 11 heavy (non-hydrogen) atoms. The predicted molar refractivity (Wildman–Crippen MR) is 41.3 cm³/mol. The van der Waals surface area contributed by atoms with Crippen LogP contribution in [0.5, 0.6) is 0 Å². The van der Waals surface area contributed by atoms with Crippen LogP contribution in [0.2, 0.25) is 0 Å². The van der Waals surface area contributed by atoms with Crippen molar-refractivity contribution in [2.45, 2.75) is 26.7 Å². The van der Waals surface area contributed by atoms with Crippen LogP contribution in [-0.4, -0.2) is 17.7 Å². The zero-order chi connectivity index (χ0) is 8.69. The number of hydrogen-bond acceptors (Lipinski definition) is 3. The Hall–Kier alpha value is -0.570. The third kappa shape index (κ3) is 5.85. The first-order valence-corrected chi connectivity index (χ1v) is 3.82. The number of ether oxygens (including phenoxy) is 1. The Morgan fingerprint density at radius 2 is 2.36 bits per heavy atom. The van der Waals surface area contributed by atoms with Gasteiger partial charge in [0.25, 0.3) is 0 Å². The molecule has 0 bridgehead atoms. The first kappa shape index (κ1) is 10.4. The number of aliphatic hydroxyl groups excluding tert-OH is 1. The van der Waals surface area contributed by atoms with Gasteiger partial charge in [-0.2, -0.15) is 0 Å². The highest BCUT2D eigenvalue weighted by molar-refractivity contribution is 5.69. The molecule has 0 spiro atoms. The van der Waals surface area contributed by atoms with Crippen LogP contribution in [0, 0.1) is 12.5 Å². The molecule has 3 heteroatoms. The monoisotopic (exact) mass is 159 g/mol. The first-order valence-electron chi connectivity index (χ1n) is 3.82. The van der Waals surface area contributed by atoms with Crippen molar-refractivity contribution in [2.75, 3.05) is 6.61 Å². The second kappa shape index (κ2) is 6.16. The lowest BCUT2D eigenvalue weighted by molar-refractivity contribution is -0.144. The van der Waals surface area contributed by atoms with Crippen LogP contribution in [0.15, 0.2) is 0 Å². The van der Waals surface area contributed by atoms with Gasteiger partial charge in [0, 0.05) is 6.42 Å². The molecule has 0 fully saturated rings. The molecule has 0 aromatic carbocycles. The summed E-state index contributed by atoms with van der Waals surface area (Å²) < 4.78 is 4.72. The molecule has 1 atom stereocenters. The minimum atomic E-state index is -0.193. The van der Waals surface area contributed by atoms with Gasteiger partial charge in [0.15, 0.2) is 0 Å². The van der Waals surface area contributed by atoms with Crippen LogP contribution < -0.4 is 0 Å². The van der Waals surface area contributed by atoms with E-state index in [0.29, 0.717) is 19.4 Å². The van der Waals surface area contributed by atoms with E-state index in [1.54, 1.807) is 6.92 Å². The van der Waals surface area contributed by atoms with Crippen LogP contribution in [0.3, 0.4) is 0 Å². The van der Waals surface area contributed by atoms with Gasteiger partial charge in [-0.3, -0.25) is 4.79 Å². The summed E-state index contributed by atoms with van der Waals surface area (Å²) in [6.45, 7) is 5.17. The molecule has 0 rings (SSSR count). The molecule has 0 aromatic heterocycles. The van der Waals surface area contributed by atoms with Crippen LogP contribution in [-0.2, 0) is 9.53 Å². The maximum absolute atomic E-state index is 10.8. The molecule has 3 nitrogen and oxygen atoms in total. The molecule has 1 radical (unpaired) electrons. The van der Waals surface area contributed by atoms with Crippen molar-refractivity contribution in [1.29, 1.82) is 0 Å². The third-order valence-corrected chi connectivity index (χ3v) is 1.33. The molecule has 65 valence electrons. The van der Waals surface area contributed by atoms with Crippen molar-refractivity contribution in [1.82, 2.24) is 0 Å². The number of carbonyl (C=O) groups is 1. The highest BCUT2D eigenvalue weighted by atomic mass is 16.5. The van der Waals surface area contributed by atoms with E-state index in [1.165, 1.54) is 0 Å².